The maximum absolute atomic E-state index is 12.3. The van der Waals surface area contributed by atoms with Gasteiger partial charge in [0.05, 0.1) is 22.8 Å². The second kappa shape index (κ2) is 9.86. The van der Waals surface area contributed by atoms with Crippen LogP contribution in [0.5, 0.6) is 0 Å². The second-order valence-electron chi connectivity index (χ2n) is 7.44. The topological polar surface area (TPSA) is 150 Å². The van der Waals surface area contributed by atoms with Gasteiger partial charge in [-0.25, -0.2) is 4.79 Å². The number of anilines is 1. The summed E-state index contributed by atoms with van der Waals surface area (Å²) in [5.41, 5.74) is 1.76. The summed E-state index contributed by atoms with van der Waals surface area (Å²) in [6.07, 6.45) is 1.95. The van der Waals surface area contributed by atoms with Gasteiger partial charge < -0.3 is 19.5 Å². The number of nitro benzene ring substituents is 1. The van der Waals surface area contributed by atoms with E-state index in [1.165, 1.54) is 29.0 Å². The Kier molecular flexibility index (Phi) is 6.53. The van der Waals surface area contributed by atoms with Crippen LogP contribution < -0.4 is 16.4 Å². The summed E-state index contributed by atoms with van der Waals surface area (Å²) in [6, 6.07) is 14.2. The fourth-order valence-electron chi connectivity index (χ4n) is 3.43. The lowest BCUT2D eigenvalue weighted by Gasteiger charge is -2.08. The Balaban J connectivity index is 1.28. The Bertz CT molecular complexity index is 1400. The highest BCUT2D eigenvalue weighted by atomic mass is 16.6. The summed E-state index contributed by atoms with van der Waals surface area (Å²) >= 11 is 0. The molecule has 34 heavy (non-hydrogen) atoms. The fraction of sp³-hybridized carbons (Fsp3) is 0.174. The maximum Gasteiger partial charge on any atom is 0.419 e. The zero-order chi connectivity index (χ0) is 24.1. The van der Waals surface area contributed by atoms with Crippen LogP contribution in [0.2, 0.25) is 0 Å². The lowest BCUT2D eigenvalue weighted by molar-refractivity contribution is -0.384. The molecule has 0 fully saturated rings. The molecule has 11 nitrogen and oxygen atoms in total. The SMILES string of the molecule is O=C(CCCn1c(=O)oc2cc([N+](=O)[O-])ccc21)NCc1cccc(NC(=O)c2ccco2)c1. The third-order valence-corrected chi connectivity index (χ3v) is 5.07. The molecule has 2 aromatic heterocycles. The Morgan fingerprint density at radius 2 is 1.94 bits per heavy atom. The van der Waals surface area contributed by atoms with Crippen molar-refractivity contribution in [3.63, 3.8) is 0 Å². The van der Waals surface area contributed by atoms with E-state index in [9.17, 15) is 24.5 Å². The van der Waals surface area contributed by atoms with Crippen LogP contribution in [0.25, 0.3) is 11.1 Å². The summed E-state index contributed by atoms with van der Waals surface area (Å²) in [6.45, 7) is 0.493. The molecule has 4 aromatic rings. The van der Waals surface area contributed by atoms with Crippen molar-refractivity contribution < 1.29 is 23.3 Å². The molecule has 2 amide bonds. The Morgan fingerprint density at radius 1 is 1.09 bits per heavy atom. The largest absolute Gasteiger partial charge is 0.459 e. The van der Waals surface area contributed by atoms with E-state index in [1.54, 1.807) is 30.3 Å². The number of fused-ring (bicyclic) bond motifs is 1. The molecule has 0 saturated heterocycles. The van der Waals surface area contributed by atoms with Crippen molar-refractivity contribution in [2.24, 2.45) is 0 Å². The van der Waals surface area contributed by atoms with Gasteiger partial charge in [0.25, 0.3) is 11.6 Å². The number of hydrogen-bond acceptors (Lipinski definition) is 7. The van der Waals surface area contributed by atoms with Gasteiger partial charge in [-0.1, -0.05) is 12.1 Å². The molecule has 2 N–H and O–H groups in total. The third-order valence-electron chi connectivity index (χ3n) is 5.07. The number of rotatable bonds is 9. The minimum absolute atomic E-state index is 0.127. The molecule has 0 aliphatic carbocycles. The minimum Gasteiger partial charge on any atom is -0.459 e. The third kappa shape index (κ3) is 5.21. The van der Waals surface area contributed by atoms with Crippen LogP contribution in [0, 0.1) is 10.1 Å². The van der Waals surface area contributed by atoms with Crippen LogP contribution >= 0.6 is 0 Å². The van der Waals surface area contributed by atoms with Gasteiger partial charge in [0.2, 0.25) is 5.91 Å². The van der Waals surface area contributed by atoms with E-state index in [0.29, 0.717) is 17.6 Å². The van der Waals surface area contributed by atoms with E-state index in [2.05, 4.69) is 10.6 Å². The van der Waals surface area contributed by atoms with Crippen molar-refractivity contribution in [2.45, 2.75) is 25.9 Å². The van der Waals surface area contributed by atoms with Gasteiger partial charge in [0, 0.05) is 31.3 Å². The number of carbonyl (C=O) groups excluding carboxylic acids is 2. The van der Waals surface area contributed by atoms with Gasteiger partial charge in [-0.2, -0.15) is 0 Å². The molecule has 11 heteroatoms. The van der Waals surface area contributed by atoms with E-state index >= 15 is 0 Å². The number of carbonyl (C=O) groups is 2. The first-order valence-electron chi connectivity index (χ1n) is 10.4. The molecule has 2 heterocycles. The standard InChI is InChI=1S/C23H20N4O7/c28-21(7-2-10-26-18-9-8-17(27(31)32)13-20(18)34-23(26)30)24-14-15-4-1-5-16(12-15)25-22(29)19-6-3-11-33-19/h1,3-6,8-9,11-13H,2,7,10,14H2,(H,24,28)(H,25,29). The summed E-state index contributed by atoms with van der Waals surface area (Å²) in [4.78, 5) is 46.7. The van der Waals surface area contributed by atoms with Crippen LogP contribution in [0.15, 0.2) is 74.5 Å². The quantitative estimate of drug-likeness (QED) is 0.284. The lowest BCUT2D eigenvalue weighted by Crippen LogP contribution is -2.23. The minimum atomic E-state index is -0.635. The predicted molar refractivity (Wildman–Crippen MR) is 121 cm³/mol. The second-order valence-corrected chi connectivity index (χ2v) is 7.44. The highest BCUT2D eigenvalue weighted by Gasteiger charge is 2.14. The molecule has 0 bridgehead atoms. The monoisotopic (exact) mass is 464 g/mol. The van der Waals surface area contributed by atoms with Gasteiger partial charge >= 0.3 is 5.76 Å². The van der Waals surface area contributed by atoms with E-state index in [0.717, 1.165) is 5.56 Å². The average molecular weight is 464 g/mol. The number of amides is 2. The first-order chi connectivity index (χ1) is 16.4. The smallest absolute Gasteiger partial charge is 0.419 e. The molecule has 0 unspecified atom stereocenters. The Hall–Kier alpha value is -4.67. The number of oxazole rings is 1. The van der Waals surface area contributed by atoms with Crippen molar-refractivity contribution in [1.29, 1.82) is 0 Å². The molecular formula is C23H20N4O7. The number of aromatic nitrogens is 1. The van der Waals surface area contributed by atoms with Gasteiger partial charge in [-0.05, 0) is 42.3 Å². The van der Waals surface area contributed by atoms with Crippen LogP contribution in [0.3, 0.4) is 0 Å². The summed E-state index contributed by atoms with van der Waals surface area (Å²) in [5.74, 6) is -1.02. The molecule has 0 saturated carbocycles. The summed E-state index contributed by atoms with van der Waals surface area (Å²) in [5, 5.41) is 16.4. The van der Waals surface area contributed by atoms with Gasteiger partial charge in [0.15, 0.2) is 11.3 Å². The number of non-ortho nitro benzene ring substituents is 1. The van der Waals surface area contributed by atoms with Crippen LogP contribution in [0.4, 0.5) is 11.4 Å². The van der Waals surface area contributed by atoms with Crippen molar-refractivity contribution in [1.82, 2.24) is 9.88 Å². The Labute approximate surface area is 192 Å². The normalized spacial score (nSPS) is 10.8. The van der Waals surface area contributed by atoms with Crippen molar-refractivity contribution in [2.75, 3.05) is 5.32 Å². The number of nitrogens with zero attached hydrogens (tertiary/aromatic N) is 2. The molecule has 4 rings (SSSR count). The van der Waals surface area contributed by atoms with Gasteiger partial charge in [-0.3, -0.25) is 24.3 Å². The Morgan fingerprint density at radius 3 is 2.71 bits per heavy atom. The van der Waals surface area contributed by atoms with Gasteiger partial charge in [-0.15, -0.1) is 0 Å². The van der Waals surface area contributed by atoms with Gasteiger partial charge in [0.1, 0.15) is 0 Å². The van der Waals surface area contributed by atoms with Crippen molar-refractivity contribution >= 4 is 34.3 Å². The van der Waals surface area contributed by atoms with Crippen LogP contribution in [-0.4, -0.2) is 21.3 Å². The van der Waals surface area contributed by atoms with E-state index in [-0.39, 0.29) is 48.4 Å². The first-order valence-corrected chi connectivity index (χ1v) is 10.4. The molecule has 0 aliphatic rings. The number of nitrogens with one attached hydrogen (secondary N) is 2. The fourth-order valence-corrected chi connectivity index (χ4v) is 3.43. The molecule has 0 atom stereocenters. The number of aryl methyl sites for hydroxylation is 1. The predicted octanol–water partition coefficient (Wildman–Crippen LogP) is 3.44. The number of benzene rings is 2. The summed E-state index contributed by atoms with van der Waals surface area (Å²) in [7, 11) is 0. The lowest BCUT2D eigenvalue weighted by atomic mass is 10.2. The highest BCUT2D eigenvalue weighted by molar-refractivity contribution is 6.02. The molecule has 0 spiro atoms. The molecule has 174 valence electrons. The zero-order valence-electron chi connectivity index (χ0n) is 17.9. The number of hydrogen-bond donors (Lipinski definition) is 2. The molecule has 0 radical (unpaired) electrons. The molecular weight excluding hydrogens is 444 g/mol. The van der Waals surface area contributed by atoms with Crippen molar-refractivity contribution in [3.05, 3.63) is 92.8 Å². The number of furan rings is 1. The summed E-state index contributed by atoms with van der Waals surface area (Å²) < 4.78 is 11.5. The average Bonchev–Trinajstić information content (AvgIpc) is 3.46. The molecule has 2 aromatic carbocycles. The molecule has 0 aliphatic heterocycles. The van der Waals surface area contributed by atoms with Crippen LogP contribution in [0.1, 0.15) is 29.0 Å². The van der Waals surface area contributed by atoms with Crippen LogP contribution in [-0.2, 0) is 17.9 Å². The zero-order valence-corrected chi connectivity index (χ0v) is 17.9. The number of nitro groups is 1. The highest BCUT2D eigenvalue weighted by Crippen LogP contribution is 2.20. The van der Waals surface area contributed by atoms with Crippen molar-refractivity contribution in [3.8, 4) is 0 Å². The first kappa shape index (κ1) is 22.5. The van der Waals surface area contributed by atoms with E-state index in [4.69, 9.17) is 8.83 Å². The van der Waals surface area contributed by atoms with E-state index < -0.39 is 10.7 Å². The maximum atomic E-state index is 12.3. The van der Waals surface area contributed by atoms with E-state index in [1.807, 2.05) is 6.07 Å².